The van der Waals surface area contributed by atoms with E-state index in [9.17, 15) is 9.90 Å². The van der Waals surface area contributed by atoms with E-state index in [1.54, 1.807) is 6.07 Å². The third-order valence-electron chi connectivity index (χ3n) is 3.99. The molecule has 0 unspecified atom stereocenters. The Morgan fingerprint density at radius 1 is 1.19 bits per heavy atom. The Bertz CT molecular complexity index is 649. The summed E-state index contributed by atoms with van der Waals surface area (Å²) in [5.74, 6) is -0.0383. The molecule has 2 N–H and O–H groups in total. The van der Waals surface area contributed by atoms with Gasteiger partial charge >= 0.3 is 0 Å². The van der Waals surface area contributed by atoms with Crippen LogP contribution in [0.15, 0.2) is 34.7 Å². The number of carbonyl (C=O) groups excluding carboxylic acids is 1. The van der Waals surface area contributed by atoms with Gasteiger partial charge < -0.3 is 24.3 Å². The Balaban J connectivity index is 1.51. The summed E-state index contributed by atoms with van der Waals surface area (Å²) in [5.41, 5.74) is 0.677. The molecule has 0 radical (unpaired) electrons. The van der Waals surface area contributed by atoms with E-state index in [0.29, 0.717) is 12.2 Å². The first-order valence-corrected chi connectivity index (χ1v) is 6.93. The summed E-state index contributed by atoms with van der Waals surface area (Å²) < 4.78 is 16.5. The molecule has 2 aliphatic rings. The molecule has 1 amide bonds. The fourth-order valence-electron chi connectivity index (χ4n) is 2.94. The lowest BCUT2D eigenvalue weighted by Crippen LogP contribution is -2.44. The van der Waals surface area contributed by atoms with E-state index in [1.165, 1.54) is 0 Å². The number of ether oxygens (including phenoxy) is 2. The monoisotopic (exact) mass is 289 g/mol. The number of amides is 1. The smallest absolute Gasteiger partial charge is 0.287 e. The third kappa shape index (κ3) is 2.12. The van der Waals surface area contributed by atoms with E-state index in [0.717, 1.165) is 5.39 Å². The average Bonchev–Trinajstić information content (AvgIpc) is 3.16. The first-order valence-electron chi connectivity index (χ1n) is 6.93. The average molecular weight is 289 g/mol. The third-order valence-corrected chi connectivity index (χ3v) is 3.99. The Labute approximate surface area is 120 Å². The van der Waals surface area contributed by atoms with E-state index in [-0.39, 0.29) is 36.5 Å². The van der Waals surface area contributed by atoms with Gasteiger partial charge in [0.05, 0.1) is 19.3 Å². The van der Waals surface area contributed by atoms with Crippen LogP contribution in [-0.4, -0.2) is 48.6 Å². The van der Waals surface area contributed by atoms with Gasteiger partial charge in [0, 0.05) is 5.39 Å². The number of aliphatic hydroxyl groups excluding tert-OH is 1. The lowest BCUT2D eigenvalue weighted by molar-refractivity contribution is 0.0178. The number of benzene rings is 1. The van der Waals surface area contributed by atoms with Crippen molar-refractivity contribution in [2.75, 3.05) is 13.2 Å². The molecule has 0 bridgehead atoms. The zero-order valence-corrected chi connectivity index (χ0v) is 11.2. The van der Waals surface area contributed by atoms with Crippen molar-refractivity contribution in [2.45, 2.75) is 24.4 Å². The Kier molecular flexibility index (Phi) is 2.95. The minimum Gasteiger partial charge on any atom is -0.451 e. The van der Waals surface area contributed by atoms with E-state index < -0.39 is 6.10 Å². The molecular formula is C15H15NO5. The number of aliphatic hydroxyl groups is 1. The predicted octanol–water partition coefficient (Wildman–Crippen LogP) is 0.690. The fraction of sp³-hybridized carbons (Fsp3) is 0.400. The molecule has 0 aliphatic carbocycles. The lowest BCUT2D eigenvalue weighted by atomic mass is 10.1. The van der Waals surface area contributed by atoms with Crippen LogP contribution in [0.2, 0.25) is 0 Å². The maximum absolute atomic E-state index is 12.3. The number of carbonyl (C=O) groups is 1. The van der Waals surface area contributed by atoms with Crippen molar-refractivity contribution in [3.05, 3.63) is 36.1 Å². The Hall–Kier alpha value is -1.89. The highest BCUT2D eigenvalue weighted by Crippen LogP contribution is 2.27. The van der Waals surface area contributed by atoms with E-state index >= 15 is 0 Å². The van der Waals surface area contributed by atoms with Crippen LogP contribution in [0.5, 0.6) is 0 Å². The van der Waals surface area contributed by atoms with Crippen molar-refractivity contribution in [1.29, 1.82) is 0 Å². The van der Waals surface area contributed by atoms with Crippen LogP contribution in [0.1, 0.15) is 10.6 Å². The van der Waals surface area contributed by atoms with Crippen molar-refractivity contribution in [3.63, 3.8) is 0 Å². The van der Waals surface area contributed by atoms with Gasteiger partial charge in [0.2, 0.25) is 0 Å². The summed E-state index contributed by atoms with van der Waals surface area (Å²) >= 11 is 0. The molecular weight excluding hydrogens is 274 g/mol. The number of para-hydroxylation sites is 1. The van der Waals surface area contributed by atoms with E-state index in [4.69, 9.17) is 13.9 Å². The number of furan rings is 1. The predicted molar refractivity (Wildman–Crippen MR) is 73.0 cm³/mol. The number of hydrogen-bond acceptors (Lipinski definition) is 5. The topological polar surface area (TPSA) is 80.9 Å². The van der Waals surface area contributed by atoms with Gasteiger partial charge in [-0.25, -0.2) is 0 Å². The van der Waals surface area contributed by atoms with Gasteiger partial charge in [0.15, 0.2) is 5.76 Å². The largest absolute Gasteiger partial charge is 0.451 e. The minimum atomic E-state index is -0.622. The molecule has 4 rings (SSSR count). The van der Waals surface area contributed by atoms with Gasteiger partial charge in [-0.2, -0.15) is 0 Å². The molecule has 0 saturated carbocycles. The zero-order chi connectivity index (χ0) is 14.4. The summed E-state index contributed by atoms with van der Waals surface area (Å²) in [4.78, 5) is 12.3. The Morgan fingerprint density at radius 3 is 2.86 bits per heavy atom. The second-order valence-corrected chi connectivity index (χ2v) is 5.39. The highest BCUT2D eigenvalue weighted by molar-refractivity contribution is 5.96. The second kappa shape index (κ2) is 4.84. The van der Waals surface area contributed by atoms with E-state index in [1.807, 2.05) is 24.3 Å². The summed E-state index contributed by atoms with van der Waals surface area (Å²) in [6.45, 7) is 0.574. The summed E-state index contributed by atoms with van der Waals surface area (Å²) in [6.07, 6.45) is -1.28. The molecule has 1 aromatic heterocycles. The van der Waals surface area contributed by atoms with Crippen LogP contribution in [0.4, 0.5) is 0 Å². The molecule has 2 aromatic rings. The fourth-order valence-corrected chi connectivity index (χ4v) is 2.94. The molecule has 4 atom stereocenters. The van der Waals surface area contributed by atoms with Crippen LogP contribution in [0, 0.1) is 0 Å². The van der Waals surface area contributed by atoms with Crippen LogP contribution in [0.25, 0.3) is 11.0 Å². The SMILES string of the molecule is O=C(N[C@@H]1CO[C@H]2[C@@H]1OC[C@H]2O)c1cc2ccccc2o1. The highest BCUT2D eigenvalue weighted by Gasteiger charge is 2.47. The van der Waals surface area contributed by atoms with Crippen molar-refractivity contribution < 1.29 is 23.8 Å². The van der Waals surface area contributed by atoms with E-state index in [2.05, 4.69) is 5.32 Å². The normalized spacial score (nSPS) is 31.5. The molecule has 3 heterocycles. The molecule has 1 aromatic carbocycles. The molecule has 2 fully saturated rings. The summed E-state index contributed by atoms with van der Waals surface area (Å²) in [6, 6.07) is 8.90. The van der Waals surface area contributed by atoms with Gasteiger partial charge in [-0.05, 0) is 12.1 Å². The molecule has 110 valence electrons. The highest BCUT2D eigenvalue weighted by atomic mass is 16.6. The summed E-state index contributed by atoms with van der Waals surface area (Å²) in [7, 11) is 0. The number of fused-ring (bicyclic) bond motifs is 2. The van der Waals surface area contributed by atoms with Crippen LogP contribution in [0.3, 0.4) is 0 Å². The number of rotatable bonds is 2. The molecule has 6 heteroatoms. The van der Waals surface area contributed by atoms with Gasteiger partial charge in [0.25, 0.3) is 5.91 Å². The summed E-state index contributed by atoms with van der Waals surface area (Å²) in [5, 5.41) is 13.4. The molecule has 0 spiro atoms. The maximum Gasteiger partial charge on any atom is 0.287 e. The number of hydrogen-bond donors (Lipinski definition) is 2. The molecule has 21 heavy (non-hydrogen) atoms. The standard InChI is InChI=1S/C15H15NO5/c17-10-7-20-13-9(6-19-14(10)13)16-15(18)12-5-8-3-1-2-4-11(8)21-12/h1-5,9-10,13-14,17H,6-7H2,(H,16,18)/t9-,10-,13-,14-/m1/s1. The van der Waals surface area contributed by atoms with Gasteiger partial charge in [-0.3, -0.25) is 4.79 Å². The molecule has 2 saturated heterocycles. The zero-order valence-electron chi connectivity index (χ0n) is 11.2. The number of nitrogens with one attached hydrogen (secondary N) is 1. The van der Waals surface area contributed by atoms with Gasteiger partial charge in [0.1, 0.15) is 23.9 Å². The maximum atomic E-state index is 12.3. The molecule has 6 nitrogen and oxygen atoms in total. The van der Waals surface area contributed by atoms with Crippen molar-refractivity contribution in [2.24, 2.45) is 0 Å². The van der Waals surface area contributed by atoms with Crippen LogP contribution in [-0.2, 0) is 9.47 Å². The first kappa shape index (κ1) is 12.8. The second-order valence-electron chi connectivity index (χ2n) is 5.39. The van der Waals surface area contributed by atoms with Crippen molar-refractivity contribution in [1.82, 2.24) is 5.32 Å². The minimum absolute atomic E-state index is 0.242. The van der Waals surface area contributed by atoms with Crippen molar-refractivity contribution >= 4 is 16.9 Å². The Morgan fingerprint density at radius 2 is 2.00 bits per heavy atom. The van der Waals surface area contributed by atoms with Gasteiger partial charge in [-0.1, -0.05) is 18.2 Å². The van der Waals surface area contributed by atoms with Crippen molar-refractivity contribution in [3.8, 4) is 0 Å². The lowest BCUT2D eigenvalue weighted by Gasteiger charge is -2.16. The quantitative estimate of drug-likeness (QED) is 0.850. The van der Waals surface area contributed by atoms with Gasteiger partial charge in [-0.15, -0.1) is 0 Å². The van der Waals surface area contributed by atoms with Crippen LogP contribution < -0.4 is 5.32 Å². The van der Waals surface area contributed by atoms with Crippen LogP contribution >= 0.6 is 0 Å². The first-order chi connectivity index (χ1) is 10.2. The molecule has 2 aliphatic heterocycles.